The highest BCUT2D eigenvalue weighted by Crippen LogP contribution is 2.13. The van der Waals surface area contributed by atoms with Crippen molar-refractivity contribution in [3.63, 3.8) is 0 Å². The van der Waals surface area contributed by atoms with Gasteiger partial charge in [0.25, 0.3) is 0 Å². The molecule has 4 heteroatoms. The Morgan fingerprint density at radius 3 is 1.60 bits per heavy atom. The van der Waals surface area contributed by atoms with Gasteiger partial charge in [0.1, 0.15) is 0 Å². The molecule has 0 aromatic carbocycles. The van der Waals surface area contributed by atoms with Gasteiger partial charge in [-0.05, 0) is 6.42 Å². The average Bonchev–Trinajstić information content (AvgIpc) is 2.01. The minimum absolute atomic E-state index is 0.774. The maximum atomic E-state index is 5.13. The summed E-state index contributed by atoms with van der Waals surface area (Å²) in [5, 5.41) is 0. The van der Waals surface area contributed by atoms with E-state index < -0.39 is 8.80 Å². The van der Waals surface area contributed by atoms with Crippen LogP contribution in [-0.2, 0) is 13.3 Å². The Hall–Kier alpha value is 0.0969. The van der Waals surface area contributed by atoms with Crippen LogP contribution in [-0.4, -0.2) is 30.1 Å². The molecule has 0 atom stereocenters. The van der Waals surface area contributed by atoms with Crippen molar-refractivity contribution in [1.82, 2.24) is 0 Å². The van der Waals surface area contributed by atoms with E-state index in [2.05, 4.69) is 6.92 Å². The third-order valence-corrected chi connectivity index (χ3v) is 4.25. The predicted octanol–water partition coefficient (Wildman–Crippen LogP) is 1.09. The summed E-state index contributed by atoms with van der Waals surface area (Å²) in [7, 11) is 2.54. The van der Waals surface area contributed by atoms with E-state index in [0.29, 0.717) is 0 Å². The molecule has 10 heavy (non-hydrogen) atoms. The Kier molecular flexibility index (Phi) is 4.89. The van der Waals surface area contributed by atoms with E-state index in [-0.39, 0.29) is 0 Å². The molecule has 0 N–H and O–H groups in total. The molecular formula is C6H15O3Si. The van der Waals surface area contributed by atoms with Crippen LogP contribution in [0.4, 0.5) is 0 Å². The molecule has 1 radical (unpaired) electrons. The molecule has 0 aromatic heterocycles. The van der Waals surface area contributed by atoms with Crippen LogP contribution in [0.15, 0.2) is 0 Å². The van der Waals surface area contributed by atoms with Crippen molar-refractivity contribution >= 4 is 8.80 Å². The Balaban J connectivity index is 3.87. The molecule has 0 aliphatic heterocycles. The Bertz CT molecular complexity index is 74.8. The standard InChI is InChI=1S/C6H15O3Si/c1-5-6-10(7-2,8-3)9-4/h1,5-6H2,2-4H3. The second kappa shape index (κ2) is 4.84. The molecule has 0 unspecified atom stereocenters. The van der Waals surface area contributed by atoms with E-state index in [9.17, 15) is 0 Å². The van der Waals surface area contributed by atoms with Crippen molar-refractivity contribution in [2.45, 2.75) is 12.5 Å². The molecule has 0 saturated heterocycles. The van der Waals surface area contributed by atoms with Gasteiger partial charge in [-0.15, -0.1) is 0 Å². The van der Waals surface area contributed by atoms with Crippen molar-refractivity contribution in [1.29, 1.82) is 0 Å². The summed E-state index contributed by atoms with van der Waals surface area (Å²) < 4.78 is 15.4. The SMILES string of the molecule is [CH2]CC[Si](OC)(OC)OC. The van der Waals surface area contributed by atoms with Crippen molar-refractivity contribution in [2.75, 3.05) is 21.3 Å². The van der Waals surface area contributed by atoms with Gasteiger partial charge in [-0.2, -0.15) is 0 Å². The smallest absolute Gasteiger partial charge is 0.377 e. The van der Waals surface area contributed by atoms with Crippen LogP contribution in [0.1, 0.15) is 6.42 Å². The molecule has 0 aliphatic carbocycles. The predicted molar refractivity (Wildman–Crippen MR) is 41.6 cm³/mol. The van der Waals surface area contributed by atoms with E-state index in [1.165, 1.54) is 0 Å². The maximum absolute atomic E-state index is 5.13. The lowest BCUT2D eigenvalue weighted by Gasteiger charge is -2.23. The molecular weight excluding hydrogens is 148 g/mol. The van der Waals surface area contributed by atoms with Crippen LogP contribution in [0, 0.1) is 6.92 Å². The highest BCUT2D eigenvalue weighted by molar-refractivity contribution is 6.60. The Morgan fingerprint density at radius 1 is 1.10 bits per heavy atom. The topological polar surface area (TPSA) is 27.7 Å². The molecule has 0 fully saturated rings. The van der Waals surface area contributed by atoms with Crippen LogP contribution < -0.4 is 0 Å². The van der Waals surface area contributed by atoms with Crippen molar-refractivity contribution in [3.05, 3.63) is 6.92 Å². The van der Waals surface area contributed by atoms with E-state index in [1.54, 1.807) is 21.3 Å². The minimum Gasteiger partial charge on any atom is -0.377 e. The Morgan fingerprint density at radius 2 is 1.50 bits per heavy atom. The lowest BCUT2D eigenvalue weighted by Crippen LogP contribution is -2.42. The van der Waals surface area contributed by atoms with Gasteiger partial charge >= 0.3 is 8.80 Å². The van der Waals surface area contributed by atoms with Gasteiger partial charge in [0.2, 0.25) is 0 Å². The highest BCUT2D eigenvalue weighted by Gasteiger charge is 2.36. The summed E-state index contributed by atoms with van der Waals surface area (Å²) >= 11 is 0. The molecule has 3 nitrogen and oxygen atoms in total. The lowest BCUT2D eigenvalue weighted by atomic mass is 10.6. The number of hydrogen-bond acceptors (Lipinski definition) is 3. The van der Waals surface area contributed by atoms with E-state index in [4.69, 9.17) is 13.3 Å². The van der Waals surface area contributed by atoms with Crippen LogP contribution in [0.3, 0.4) is 0 Å². The minimum atomic E-state index is -2.28. The third kappa shape index (κ3) is 2.38. The van der Waals surface area contributed by atoms with Gasteiger partial charge in [0.05, 0.1) is 0 Å². The fourth-order valence-electron chi connectivity index (χ4n) is 0.773. The monoisotopic (exact) mass is 163 g/mol. The van der Waals surface area contributed by atoms with Gasteiger partial charge in [-0.1, -0.05) is 6.92 Å². The summed E-state index contributed by atoms with van der Waals surface area (Å²) in [6, 6.07) is 0.774. The molecule has 0 amide bonds. The van der Waals surface area contributed by atoms with E-state index >= 15 is 0 Å². The van der Waals surface area contributed by atoms with Gasteiger partial charge in [0, 0.05) is 27.4 Å². The molecule has 0 saturated carbocycles. The van der Waals surface area contributed by atoms with Gasteiger partial charge in [0.15, 0.2) is 0 Å². The molecule has 0 heterocycles. The molecule has 0 spiro atoms. The van der Waals surface area contributed by atoms with E-state index in [1.807, 2.05) is 0 Å². The normalized spacial score (nSPS) is 12.0. The quantitative estimate of drug-likeness (QED) is 0.568. The zero-order valence-electron chi connectivity index (χ0n) is 6.85. The van der Waals surface area contributed by atoms with Crippen LogP contribution >= 0.6 is 0 Å². The lowest BCUT2D eigenvalue weighted by molar-refractivity contribution is 0.124. The summed E-state index contributed by atoms with van der Waals surface area (Å²) in [5.41, 5.74) is 0. The zero-order valence-corrected chi connectivity index (χ0v) is 7.85. The fourth-order valence-corrected chi connectivity index (χ4v) is 2.32. The molecule has 61 valence electrons. The summed E-state index contributed by atoms with van der Waals surface area (Å²) in [6.45, 7) is 3.71. The first-order valence-corrected chi connectivity index (χ1v) is 5.12. The van der Waals surface area contributed by atoms with Gasteiger partial charge in [-0.25, -0.2) is 0 Å². The summed E-state index contributed by atoms with van der Waals surface area (Å²) in [4.78, 5) is 0. The van der Waals surface area contributed by atoms with E-state index in [0.717, 1.165) is 12.5 Å². The largest absolute Gasteiger partial charge is 0.500 e. The van der Waals surface area contributed by atoms with Crippen LogP contribution in [0.5, 0.6) is 0 Å². The molecule has 0 bridgehead atoms. The Labute approximate surface area is 63.7 Å². The van der Waals surface area contributed by atoms with Gasteiger partial charge in [-0.3, -0.25) is 0 Å². The third-order valence-electron chi connectivity index (χ3n) is 1.42. The maximum Gasteiger partial charge on any atom is 0.500 e. The first-order chi connectivity index (χ1) is 4.74. The molecule has 0 rings (SSSR count). The highest BCUT2D eigenvalue weighted by atomic mass is 28.4. The van der Waals surface area contributed by atoms with Crippen molar-refractivity contribution in [3.8, 4) is 0 Å². The summed E-state index contributed by atoms with van der Waals surface area (Å²) in [5.74, 6) is 0. The first kappa shape index (κ1) is 10.1. The van der Waals surface area contributed by atoms with Crippen LogP contribution in [0.25, 0.3) is 0 Å². The average molecular weight is 163 g/mol. The zero-order chi connectivity index (χ0) is 8.04. The number of hydrogen-bond donors (Lipinski definition) is 0. The second-order valence-electron chi connectivity index (χ2n) is 1.90. The first-order valence-electron chi connectivity index (χ1n) is 3.19. The fraction of sp³-hybridized carbons (Fsp3) is 0.833. The molecule has 0 aliphatic rings. The van der Waals surface area contributed by atoms with Crippen molar-refractivity contribution < 1.29 is 13.3 Å². The van der Waals surface area contributed by atoms with Crippen LogP contribution in [0.2, 0.25) is 6.04 Å². The summed E-state index contributed by atoms with van der Waals surface area (Å²) in [6.07, 6.45) is 0.780. The number of rotatable bonds is 5. The van der Waals surface area contributed by atoms with Crippen molar-refractivity contribution in [2.24, 2.45) is 0 Å². The second-order valence-corrected chi connectivity index (χ2v) is 4.99. The molecule has 0 aromatic rings. The van der Waals surface area contributed by atoms with Gasteiger partial charge < -0.3 is 13.3 Å².